The van der Waals surface area contributed by atoms with Gasteiger partial charge in [-0.05, 0) is 24.7 Å². The first-order valence-electron chi connectivity index (χ1n) is 6.25. The van der Waals surface area contributed by atoms with Crippen molar-refractivity contribution in [1.29, 1.82) is 0 Å². The molecule has 0 saturated heterocycles. The maximum Gasteiger partial charge on any atom is 0.402 e. The third kappa shape index (κ3) is 4.87. The molecule has 1 fully saturated rings. The van der Waals surface area contributed by atoms with Gasteiger partial charge in [-0.15, -0.1) is 11.8 Å². The molecule has 0 amide bonds. The van der Waals surface area contributed by atoms with Crippen molar-refractivity contribution in [2.45, 2.75) is 50.1 Å². The summed E-state index contributed by atoms with van der Waals surface area (Å²) < 4.78 is 43.2. The minimum absolute atomic E-state index is 0.197. The quantitative estimate of drug-likeness (QED) is 0.734. The van der Waals surface area contributed by atoms with Gasteiger partial charge in [0.15, 0.2) is 0 Å². The van der Waals surface area contributed by atoms with Crippen molar-refractivity contribution in [3.63, 3.8) is 0 Å². The van der Waals surface area contributed by atoms with Crippen LogP contribution in [0, 0.1) is 5.41 Å². The van der Waals surface area contributed by atoms with Crippen LogP contribution < -0.4 is 5.73 Å². The zero-order chi connectivity index (χ0) is 14.7. The highest BCUT2D eigenvalue weighted by atomic mass is 32.2. The molecule has 0 aromatic heterocycles. The number of rotatable bonds is 7. The highest BCUT2D eigenvalue weighted by Gasteiger charge is 2.49. The largest absolute Gasteiger partial charge is 0.469 e. The van der Waals surface area contributed by atoms with E-state index < -0.39 is 17.5 Å². The average Bonchev–Trinajstić information content (AvgIpc) is 3.07. The standard InChI is InChI=1S/C12H20F3NO2S/c1-3-8(16)10(12(13,14)15)19-7-11(4-5-11)6-9(17)18-2/h8,10H,3-7,16H2,1-2H3. The van der Waals surface area contributed by atoms with Crippen LogP contribution in [0.25, 0.3) is 0 Å². The monoisotopic (exact) mass is 299 g/mol. The number of thioether (sulfide) groups is 1. The molecule has 1 saturated carbocycles. The number of alkyl halides is 3. The lowest BCUT2D eigenvalue weighted by Crippen LogP contribution is -2.43. The molecule has 0 bridgehead atoms. The summed E-state index contributed by atoms with van der Waals surface area (Å²) in [6, 6.07) is -0.904. The minimum Gasteiger partial charge on any atom is -0.469 e. The second-order valence-corrected chi connectivity index (χ2v) is 6.23. The number of methoxy groups -OCH3 is 1. The van der Waals surface area contributed by atoms with E-state index in [0.717, 1.165) is 24.6 Å². The first-order valence-corrected chi connectivity index (χ1v) is 7.30. The van der Waals surface area contributed by atoms with Crippen LogP contribution >= 0.6 is 11.8 Å². The Labute approximate surface area is 115 Å². The molecule has 1 aliphatic carbocycles. The molecular formula is C12H20F3NO2S. The van der Waals surface area contributed by atoms with E-state index in [4.69, 9.17) is 5.73 Å². The molecule has 0 spiro atoms. The maximum absolute atomic E-state index is 12.9. The first-order chi connectivity index (χ1) is 8.74. The summed E-state index contributed by atoms with van der Waals surface area (Å²) in [6.07, 6.45) is -2.27. The van der Waals surface area contributed by atoms with Gasteiger partial charge in [-0.1, -0.05) is 6.92 Å². The molecule has 112 valence electrons. The summed E-state index contributed by atoms with van der Waals surface area (Å²) in [7, 11) is 1.29. The highest BCUT2D eigenvalue weighted by molar-refractivity contribution is 8.00. The molecule has 7 heteroatoms. The van der Waals surface area contributed by atoms with Crippen molar-refractivity contribution in [3.05, 3.63) is 0 Å². The Morgan fingerprint density at radius 1 is 1.47 bits per heavy atom. The van der Waals surface area contributed by atoms with E-state index in [1.807, 2.05) is 0 Å². The number of halogens is 3. The van der Waals surface area contributed by atoms with Crippen molar-refractivity contribution < 1.29 is 22.7 Å². The van der Waals surface area contributed by atoms with Gasteiger partial charge in [-0.25, -0.2) is 0 Å². The number of carbonyl (C=O) groups excluding carboxylic acids is 1. The van der Waals surface area contributed by atoms with Crippen molar-refractivity contribution in [3.8, 4) is 0 Å². The summed E-state index contributed by atoms with van der Waals surface area (Å²) in [5.41, 5.74) is 5.24. The van der Waals surface area contributed by atoms with Gasteiger partial charge in [-0.3, -0.25) is 4.79 Å². The van der Waals surface area contributed by atoms with Crippen molar-refractivity contribution in [2.24, 2.45) is 11.1 Å². The van der Waals surface area contributed by atoms with E-state index in [1.165, 1.54) is 7.11 Å². The molecule has 1 rings (SSSR count). The predicted molar refractivity (Wildman–Crippen MR) is 68.9 cm³/mol. The van der Waals surface area contributed by atoms with Crippen LogP contribution in [0.1, 0.15) is 32.6 Å². The molecule has 0 aliphatic heterocycles. The Morgan fingerprint density at radius 3 is 2.42 bits per heavy atom. The van der Waals surface area contributed by atoms with Crippen LogP contribution in [-0.2, 0) is 9.53 Å². The molecule has 2 unspecified atom stereocenters. The first kappa shape index (κ1) is 16.6. The molecule has 2 N–H and O–H groups in total. The van der Waals surface area contributed by atoms with E-state index in [9.17, 15) is 18.0 Å². The van der Waals surface area contributed by atoms with E-state index in [0.29, 0.717) is 5.75 Å². The Balaban J connectivity index is 2.55. The number of ether oxygens (including phenoxy) is 1. The predicted octanol–water partition coefficient (Wildman–Crippen LogP) is 2.73. The molecular weight excluding hydrogens is 279 g/mol. The lowest BCUT2D eigenvalue weighted by atomic mass is 10.1. The fourth-order valence-corrected chi connectivity index (χ4v) is 3.42. The third-order valence-corrected chi connectivity index (χ3v) is 5.21. The fourth-order valence-electron chi connectivity index (χ4n) is 1.87. The second-order valence-electron chi connectivity index (χ2n) is 5.10. The summed E-state index contributed by atoms with van der Waals surface area (Å²) >= 11 is 0.825. The van der Waals surface area contributed by atoms with Crippen LogP contribution in [0.4, 0.5) is 13.2 Å². The number of nitrogens with two attached hydrogens (primary N) is 1. The Hall–Kier alpha value is -0.430. The lowest BCUT2D eigenvalue weighted by Gasteiger charge is -2.26. The van der Waals surface area contributed by atoms with Crippen LogP contribution in [0.2, 0.25) is 0 Å². The minimum atomic E-state index is -4.30. The van der Waals surface area contributed by atoms with Gasteiger partial charge in [0.2, 0.25) is 0 Å². The fraction of sp³-hybridized carbons (Fsp3) is 0.917. The molecule has 3 nitrogen and oxygen atoms in total. The van der Waals surface area contributed by atoms with Crippen LogP contribution in [0.5, 0.6) is 0 Å². The van der Waals surface area contributed by atoms with Crippen LogP contribution in [0.3, 0.4) is 0 Å². The van der Waals surface area contributed by atoms with E-state index in [1.54, 1.807) is 6.92 Å². The van der Waals surface area contributed by atoms with Gasteiger partial charge in [0.05, 0.1) is 13.5 Å². The summed E-state index contributed by atoms with van der Waals surface area (Å²) in [5.74, 6) is -0.0542. The number of hydrogen-bond acceptors (Lipinski definition) is 4. The normalized spacial score (nSPS) is 20.7. The summed E-state index contributed by atoms with van der Waals surface area (Å²) in [4.78, 5) is 11.2. The molecule has 0 radical (unpaired) electrons. The summed E-state index contributed by atoms with van der Waals surface area (Å²) in [6.45, 7) is 1.64. The molecule has 1 aliphatic rings. The molecule has 0 heterocycles. The van der Waals surface area contributed by atoms with Gasteiger partial charge < -0.3 is 10.5 Å². The van der Waals surface area contributed by atoms with Crippen molar-refractivity contribution in [2.75, 3.05) is 12.9 Å². The summed E-state index contributed by atoms with van der Waals surface area (Å²) in [5, 5.41) is -1.56. The molecule has 0 aromatic carbocycles. The smallest absolute Gasteiger partial charge is 0.402 e. The maximum atomic E-state index is 12.9. The van der Waals surface area contributed by atoms with Crippen LogP contribution in [0.15, 0.2) is 0 Å². The molecule has 0 aromatic rings. The van der Waals surface area contributed by atoms with Crippen LogP contribution in [-0.4, -0.2) is 36.3 Å². The van der Waals surface area contributed by atoms with E-state index in [2.05, 4.69) is 4.74 Å². The highest BCUT2D eigenvalue weighted by Crippen LogP contribution is 2.52. The van der Waals surface area contributed by atoms with E-state index in [-0.39, 0.29) is 24.2 Å². The van der Waals surface area contributed by atoms with Gasteiger partial charge in [-0.2, -0.15) is 13.2 Å². The zero-order valence-electron chi connectivity index (χ0n) is 11.1. The van der Waals surface area contributed by atoms with Gasteiger partial charge in [0.1, 0.15) is 5.25 Å². The van der Waals surface area contributed by atoms with Gasteiger partial charge >= 0.3 is 12.1 Å². The van der Waals surface area contributed by atoms with E-state index >= 15 is 0 Å². The molecule has 2 atom stereocenters. The van der Waals surface area contributed by atoms with Gasteiger partial charge in [0.25, 0.3) is 0 Å². The Kier molecular flexibility index (Phi) is 5.55. The molecule has 19 heavy (non-hydrogen) atoms. The zero-order valence-corrected chi connectivity index (χ0v) is 11.9. The number of esters is 1. The third-order valence-electron chi connectivity index (χ3n) is 3.46. The Bertz CT molecular complexity index is 319. The SMILES string of the molecule is CCC(N)C(SCC1(CC(=O)OC)CC1)C(F)(F)F. The van der Waals surface area contributed by atoms with Gasteiger partial charge in [0, 0.05) is 11.8 Å². The average molecular weight is 299 g/mol. The Morgan fingerprint density at radius 2 is 2.05 bits per heavy atom. The topological polar surface area (TPSA) is 52.3 Å². The van der Waals surface area contributed by atoms with Crippen molar-refractivity contribution in [1.82, 2.24) is 0 Å². The number of hydrogen-bond donors (Lipinski definition) is 1. The number of carbonyl (C=O) groups is 1. The second kappa shape index (κ2) is 6.35. The lowest BCUT2D eigenvalue weighted by molar-refractivity contribution is -0.141. The van der Waals surface area contributed by atoms with Crippen molar-refractivity contribution >= 4 is 17.7 Å².